The van der Waals surface area contributed by atoms with Crippen molar-refractivity contribution in [2.45, 2.75) is 46.0 Å². The van der Waals surface area contributed by atoms with Gasteiger partial charge in [-0.2, -0.15) is 0 Å². The molecule has 2 rings (SSSR count). The number of hydrogen-bond acceptors (Lipinski definition) is 5. The molecule has 1 aromatic rings. The Kier molecular flexibility index (Phi) is 5.75. The van der Waals surface area contributed by atoms with Crippen molar-refractivity contribution in [3.8, 4) is 0 Å². The maximum absolute atomic E-state index is 12.6. The summed E-state index contributed by atoms with van der Waals surface area (Å²) in [5, 5.41) is 6.76. The average molecular weight is 334 g/mol. The summed E-state index contributed by atoms with van der Waals surface area (Å²) >= 11 is 0. The first-order valence-corrected chi connectivity index (χ1v) is 8.47. The van der Waals surface area contributed by atoms with E-state index >= 15 is 0 Å². The maximum atomic E-state index is 12.6. The monoisotopic (exact) mass is 334 g/mol. The van der Waals surface area contributed by atoms with Gasteiger partial charge < -0.3 is 9.64 Å². The topological polar surface area (TPSA) is 88.2 Å². The summed E-state index contributed by atoms with van der Waals surface area (Å²) in [5.74, 6) is 0.532. The summed E-state index contributed by atoms with van der Waals surface area (Å²) in [7, 11) is 0. The van der Waals surface area contributed by atoms with E-state index in [2.05, 4.69) is 21.8 Å². The molecular formula is C17H26N4O3. The van der Waals surface area contributed by atoms with Crippen LogP contribution in [0.4, 0.5) is 0 Å². The Balaban J connectivity index is 1.97. The van der Waals surface area contributed by atoms with Crippen LogP contribution in [-0.2, 0) is 9.53 Å². The highest BCUT2D eigenvalue weighted by Gasteiger charge is 2.35. The Morgan fingerprint density at radius 3 is 2.62 bits per heavy atom. The zero-order valence-corrected chi connectivity index (χ0v) is 14.7. The molecule has 1 aliphatic heterocycles. The van der Waals surface area contributed by atoms with Crippen LogP contribution in [0.2, 0.25) is 0 Å². The molecule has 0 aromatic carbocycles. The molecule has 1 saturated heterocycles. The second kappa shape index (κ2) is 7.59. The smallest absolute Gasteiger partial charge is 0.378 e. The largest absolute Gasteiger partial charge is 0.460 e. The molecule has 1 aliphatic rings. The van der Waals surface area contributed by atoms with Crippen LogP contribution in [0.3, 0.4) is 0 Å². The van der Waals surface area contributed by atoms with Gasteiger partial charge in [0.1, 0.15) is 5.82 Å². The number of amides is 1. The number of piperidine rings is 1. The normalized spacial score (nSPS) is 18.0. The molecule has 7 heteroatoms. The van der Waals surface area contributed by atoms with E-state index in [-0.39, 0.29) is 17.6 Å². The molecule has 1 aromatic heterocycles. The predicted octanol–water partition coefficient (Wildman–Crippen LogP) is 2.29. The third kappa shape index (κ3) is 3.66. The highest BCUT2D eigenvalue weighted by Crippen LogP contribution is 2.30. The number of nitrogens with zero attached hydrogens (tertiary/aromatic N) is 3. The number of carbonyl (C=O) groups excluding carboxylic acids is 2. The van der Waals surface area contributed by atoms with E-state index in [0.29, 0.717) is 25.5 Å². The van der Waals surface area contributed by atoms with Gasteiger partial charge in [0.2, 0.25) is 5.91 Å². The standard InChI is InChI=1S/C17H26N4O3/c1-5-17(4,6-2)16(23)21-10-8-12(9-11-21)13-18-14(20-19-13)15(22)24-7-3/h5,12H,1,6-11H2,2-4H3,(H,18,19,20). The van der Waals surface area contributed by atoms with Crippen molar-refractivity contribution in [1.29, 1.82) is 0 Å². The van der Waals surface area contributed by atoms with Gasteiger partial charge in [0, 0.05) is 19.0 Å². The zero-order chi connectivity index (χ0) is 17.7. The second-order valence-electron chi connectivity index (χ2n) is 6.31. The van der Waals surface area contributed by atoms with E-state index in [1.54, 1.807) is 13.0 Å². The molecule has 24 heavy (non-hydrogen) atoms. The number of aromatic amines is 1. The van der Waals surface area contributed by atoms with Crippen molar-refractivity contribution in [3.05, 3.63) is 24.3 Å². The fourth-order valence-corrected chi connectivity index (χ4v) is 2.84. The third-order valence-electron chi connectivity index (χ3n) is 4.80. The molecule has 1 fully saturated rings. The quantitative estimate of drug-likeness (QED) is 0.637. The number of aromatic nitrogens is 3. The van der Waals surface area contributed by atoms with Crippen molar-refractivity contribution < 1.29 is 14.3 Å². The van der Waals surface area contributed by atoms with Crippen molar-refractivity contribution in [1.82, 2.24) is 20.1 Å². The Bertz CT molecular complexity index is 605. The van der Waals surface area contributed by atoms with Gasteiger partial charge in [-0.25, -0.2) is 9.78 Å². The van der Waals surface area contributed by atoms with E-state index in [0.717, 1.165) is 19.3 Å². The minimum absolute atomic E-state index is 0.0653. The van der Waals surface area contributed by atoms with Crippen molar-refractivity contribution >= 4 is 11.9 Å². The molecule has 132 valence electrons. The Labute approximate surface area is 142 Å². The summed E-state index contributed by atoms with van der Waals surface area (Å²) < 4.78 is 4.89. The Morgan fingerprint density at radius 2 is 2.08 bits per heavy atom. The zero-order valence-electron chi connectivity index (χ0n) is 14.7. The molecule has 0 saturated carbocycles. The number of carbonyl (C=O) groups is 2. The summed E-state index contributed by atoms with van der Waals surface area (Å²) in [6, 6.07) is 0. The van der Waals surface area contributed by atoms with Crippen molar-refractivity contribution in [2.75, 3.05) is 19.7 Å². The van der Waals surface area contributed by atoms with Crippen LogP contribution in [-0.4, -0.2) is 51.7 Å². The summed E-state index contributed by atoms with van der Waals surface area (Å²) in [4.78, 5) is 30.4. The van der Waals surface area contributed by atoms with E-state index in [9.17, 15) is 9.59 Å². The third-order valence-corrected chi connectivity index (χ3v) is 4.80. The van der Waals surface area contributed by atoms with E-state index < -0.39 is 11.4 Å². The lowest BCUT2D eigenvalue weighted by molar-refractivity contribution is -0.140. The minimum atomic E-state index is -0.516. The number of hydrogen-bond donors (Lipinski definition) is 1. The SMILES string of the molecule is C=CC(C)(CC)C(=O)N1CCC(c2nc(C(=O)OCC)n[nH]2)CC1. The molecule has 0 spiro atoms. The van der Waals surface area contributed by atoms with Gasteiger partial charge in [-0.05, 0) is 33.1 Å². The molecular weight excluding hydrogens is 308 g/mol. The van der Waals surface area contributed by atoms with E-state index in [4.69, 9.17) is 4.74 Å². The molecule has 1 atom stereocenters. The van der Waals surface area contributed by atoms with Gasteiger partial charge in [-0.3, -0.25) is 9.89 Å². The van der Waals surface area contributed by atoms with Crippen molar-refractivity contribution in [2.24, 2.45) is 5.41 Å². The van der Waals surface area contributed by atoms with Gasteiger partial charge in [0.05, 0.1) is 12.0 Å². The van der Waals surface area contributed by atoms with Crippen LogP contribution in [0, 0.1) is 5.41 Å². The number of ether oxygens (including phenoxy) is 1. The first-order valence-electron chi connectivity index (χ1n) is 8.47. The molecule has 2 heterocycles. The summed E-state index contributed by atoms with van der Waals surface area (Å²) in [6.07, 6.45) is 4.06. The maximum Gasteiger partial charge on any atom is 0.378 e. The average Bonchev–Trinajstić information content (AvgIpc) is 3.11. The first kappa shape index (κ1) is 18.2. The second-order valence-corrected chi connectivity index (χ2v) is 6.31. The number of H-pyrrole nitrogens is 1. The van der Waals surface area contributed by atoms with Crippen LogP contribution in [0.1, 0.15) is 62.4 Å². The number of nitrogens with one attached hydrogen (secondary N) is 1. The fourth-order valence-electron chi connectivity index (χ4n) is 2.84. The van der Waals surface area contributed by atoms with Crippen LogP contribution in [0.25, 0.3) is 0 Å². The van der Waals surface area contributed by atoms with E-state index in [1.807, 2.05) is 18.7 Å². The van der Waals surface area contributed by atoms with E-state index in [1.165, 1.54) is 0 Å². The molecule has 1 amide bonds. The molecule has 0 bridgehead atoms. The van der Waals surface area contributed by atoms with Crippen LogP contribution < -0.4 is 0 Å². The lowest BCUT2D eigenvalue weighted by Gasteiger charge is -2.36. The van der Waals surface area contributed by atoms with Gasteiger partial charge in [0.15, 0.2) is 0 Å². The molecule has 0 aliphatic carbocycles. The Hall–Kier alpha value is -2.18. The molecule has 1 N–H and O–H groups in total. The Morgan fingerprint density at radius 1 is 1.42 bits per heavy atom. The highest BCUT2D eigenvalue weighted by molar-refractivity contribution is 5.85. The number of esters is 1. The summed E-state index contributed by atoms with van der Waals surface area (Å²) in [5.41, 5.74) is -0.504. The van der Waals surface area contributed by atoms with Crippen molar-refractivity contribution in [3.63, 3.8) is 0 Å². The molecule has 7 nitrogen and oxygen atoms in total. The minimum Gasteiger partial charge on any atom is -0.460 e. The van der Waals surface area contributed by atoms with Crippen LogP contribution in [0.15, 0.2) is 12.7 Å². The van der Waals surface area contributed by atoms with Crippen LogP contribution in [0.5, 0.6) is 0 Å². The van der Waals surface area contributed by atoms with Gasteiger partial charge in [-0.1, -0.05) is 13.0 Å². The van der Waals surface area contributed by atoms with Crippen LogP contribution >= 0.6 is 0 Å². The highest BCUT2D eigenvalue weighted by atomic mass is 16.5. The number of rotatable bonds is 6. The summed E-state index contributed by atoms with van der Waals surface area (Å²) in [6.45, 7) is 11.1. The first-order chi connectivity index (χ1) is 11.4. The fraction of sp³-hybridized carbons (Fsp3) is 0.647. The molecule has 1 unspecified atom stereocenters. The van der Waals surface area contributed by atoms with Gasteiger partial charge >= 0.3 is 5.97 Å². The lowest BCUT2D eigenvalue weighted by Crippen LogP contribution is -2.45. The number of likely N-dealkylation sites (tertiary alicyclic amines) is 1. The predicted molar refractivity (Wildman–Crippen MR) is 89.5 cm³/mol. The molecule has 0 radical (unpaired) electrons. The lowest BCUT2D eigenvalue weighted by atomic mass is 9.85. The van der Waals surface area contributed by atoms with Gasteiger partial charge in [-0.15, -0.1) is 11.7 Å². The van der Waals surface area contributed by atoms with Gasteiger partial charge in [0.25, 0.3) is 5.82 Å².